The third kappa shape index (κ3) is 1.96. The Kier molecular flexibility index (Phi) is 2.96. The number of fused-ring (bicyclic) bond motifs is 2. The van der Waals surface area contributed by atoms with E-state index >= 15 is 0 Å². The third-order valence-corrected chi connectivity index (χ3v) is 6.59. The summed E-state index contributed by atoms with van der Waals surface area (Å²) in [6.07, 6.45) is 10.5. The lowest BCUT2D eigenvalue weighted by atomic mass is 9.89. The second kappa shape index (κ2) is 4.94. The topological polar surface area (TPSA) is 25.2 Å². The molecule has 2 aromatic rings. The Balaban J connectivity index is 1.66. The highest BCUT2D eigenvalue weighted by Gasteiger charge is 2.39. The van der Waals surface area contributed by atoms with Gasteiger partial charge in [0.25, 0.3) is 5.56 Å². The zero-order valence-electron chi connectivity index (χ0n) is 13.8. The molecule has 2 saturated heterocycles. The number of rotatable bonds is 1. The fourth-order valence-electron chi connectivity index (χ4n) is 5.34. The molecule has 120 valence electrons. The fraction of sp³-hybridized carbons (Fsp3) is 0.550. The summed E-state index contributed by atoms with van der Waals surface area (Å²) in [5.74, 6) is 0. The van der Waals surface area contributed by atoms with Crippen molar-refractivity contribution in [3.05, 3.63) is 45.9 Å². The highest BCUT2D eigenvalue weighted by atomic mass is 16.1. The maximum atomic E-state index is 13.1. The minimum Gasteiger partial charge on any atom is -0.312 e. The van der Waals surface area contributed by atoms with Crippen molar-refractivity contribution in [2.45, 2.75) is 63.1 Å². The molecule has 3 atom stereocenters. The van der Waals surface area contributed by atoms with Crippen LogP contribution in [0.15, 0.2) is 29.2 Å². The van der Waals surface area contributed by atoms with Gasteiger partial charge in [-0.1, -0.05) is 12.1 Å². The molecular weight excluding hydrogens is 284 g/mol. The van der Waals surface area contributed by atoms with Crippen LogP contribution in [0.4, 0.5) is 0 Å². The van der Waals surface area contributed by atoms with Crippen molar-refractivity contribution in [2.75, 3.05) is 7.05 Å². The van der Waals surface area contributed by atoms with Gasteiger partial charge in [0.15, 0.2) is 0 Å². The number of aryl methyl sites for hydroxylation is 2. The van der Waals surface area contributed by atoms with E-state index in [2.05, 4.69) is 34.8 Å². The number of hydrogen-bond acceptors (Lipinski definition) is 2. The molecule has 3 aliphatic rings. The first-order valence-electron chi connectivity index (χ1n) is 9.10. The first-order valence-corrected chi connectivity index (χ1v) is 9.10. The highest BCUT2D eigenvalue weighted by molar-refractivity contribution is 5.88. The molecule has 3 heterocycles. The lowest BCUT2D eigenvalue weighted by Gasteiger charge is -2.37. The number of benzene rings is 1. The van der Waals surface area contributed by atoms with Crippen molar-refractivity contribution >= 4 is 10.8 Å². The molecule has 2 bridgehead atoms. The van der Waals surface area contributed by atoms with Crippen molar-refractivity contribution in [3.8, 4) is 0 Å². The van der Waals surface area contributed by atoms with Crippen molar-refractivity contribution in [1.82, 2.24) is 9.47 Å². The zero-order chi connectivity index (χ0) is 15.6. The molecule has 1 aromatic carbocycles. The van der Waals surface area contributed by atoms with Gasteiger partial charge >= 0.3 is 0 Å². The third-order valence-electron chi connectivity index (χ3n) is 6.59. The summed E-state index contributed by atoms with van der Waals surface area (Å²) in [5, 5.41) is 2.21. The molecule has 1 aliphatic carbocycles. The van der Waals surface area contributed by atoms with Crippen LogP contribution >= 0.6 is 0 Å². The summed E-state index contributed by atoms with van der Waals surface area (Å²) >= 11 is 0. The molecule has 1 aromatic heterocycles. The molecule has 0 spiro atoms. The van der Waals surface area contributed by atoms with E-state index in [0.29, 0.717) is 18.1 Å². The molecule has 0 saturated carbocycles. The van der Waals surface area contributed by atoms with Crippen molar-refractivity contribution in [2.24, 2.45) is 0 Å². The van der Waals surface area contributed by atoms with Crippen LogP contribution in [0.2, 0.25) is 0 Å². The second-order valence-electron chi connectivity index (χ2n) is 7.74. The minimum absolute atomic E-state index is 0.237. The van der Waals surface area contributed by atoms with E-state index in [-0.39, 0.29) is 5.56 Å². The molecular formula is C20H24N2O. The first kappa shape index (κ1) is 13.8. The smallest absolute Gasteiger partial charge is 0.258 e. The Morgan fingerprint density at radius 1 is 1.00 bits per heavy atom. The minimum atomic E-state index is 0.237. The number of piperidine rings is 1. The lowest BCUT2D eigenvalue weighted by molar-refractivity contribution is 0.136. The van der Waals surface area contributed by atoms with E-state index in [4.69, 9.17) is 0 Å². The molecule has 0 radical (unpaired) electrons. The quantitative estimate of drug-likeness (QED) is 0.808. The van der Waals surface area contributed by atoms with Crippen LogP contribution in [-0.4, -0.2) is 28.6 Å². The Morgan fingerprint density at radius 3 is 2.52 bits per heavy atom. The molecule has 3 nitrogen and oxygen atoms in total. The van der Waals surface area contributed by atoms with Crippen LogP contribution in [0.25, 0.3) is 10.8 Å². The van der Waals surface area contributed by atoms with Crippen LogP contribution in [-0.2, 0) is 12.8 Å². The predicted octanol–water partition coefficient (Wildman–Crippen LogP) is 3.29. The van der Waals surface area contributed by atoms with Crippen molar-refractivity contribution < 1.29 is 0 Å². The Hall–Kier alpha value is -1.61. The molecule has 23 heavy (non-hydrogen) atoms. The molecule has 0 unspecified atom stereocenters. The maximum Gasteiger partial charge on any atom is 0.258 e. The van der Waals surface area contributed by atoms with Crippen LogP contribution in [0, 0.1) is 0 Å². The first-order chi connectivity index (χ1) is 11.2. The van der Waals surface area contributed by atoms with Gasteiger partial charge < -0.3 is 9.47 Å². The van der Waals surface area contributed by atoms with Gasteiger partial charge in [0.2, 0.25) is 0 Å². The van der Waals surface area contributed by atoms with Crippen LogP contribution in [0.3, 0.4) is 0 Å². The standard InChI is InChI=1S/C20H24N2O/c1-21-15-8-9-16(21)11-17(10-15)22-12-14-6-2-4-13-5-3-7-18(19(13)14)20(22)23/h3,5,7,12,15-17H,2,4,6,8-11H2,1H3/t15-,16+,17-. The summed E-state index contributed by atoms with van der Waals surface area (Å²) in [5.41, 5.74) is 3.01. The summed E-state index contributed by atoms with van der Waals surface area (Å²) < 4.78 is 2.10. The number of pyridine rings is 1. The van der Waals surface area contributed by atoms with Crippen LogP contribution in [0.5, 0.6) is 0 Å². The Labute approximate surface area is 136 Å². The normalized spacial score (nSPS) is 30.0. The van der Waals surface area contributed by atoms with Gasteiger partial charge in [0.05, 0.1) is 0 Å². The molecule has 0 amide bonds. The highest BCUT2D eigenvalue weighted by Crippen LogP contribution is 2.40. The maximum absolute atomic E-state index is 13.1. The van der Waals surface area contributed by atoms with Gasteiger partial charge in [-0.15, -0.1) is 0 Å². The van der Waals surface area contributed by atoms with Crippen LogP contribution in [0.1, 0.15) is 49.3 Å². The average molecular weight is 308 g/mol. The average Bonchev–Trinajstić information content (AvgIpc) is 2.79. The van der Waals surface area contributed by atoms with E-state index in [1.54, 1.807) is 0 Å². The lowest BCUT2D eigenvalue weighted by Crippen LogP contribution is -2.42. The van der Waals surface area contributed by atoms with E-state index in [0.717, 1.165) is 31.1 Å². The number of hydrogen-bond donors (Lipinski definition) is 0. The Morgan fingerprint density at radius 2 is 1.74 bits per heavy atom. The van der Waals surface area contributed by atoms with Gasteiger partial charge in [0, 0.05) is 29.7 Å². The predicted molar refractivity (Wildman–Crippen MR) is 93.1 cm³/mol. The largest absolute Gasteiger partial charge is 0.312 e. The van der Waals surface area contributed by atoms with Crippen molar-refractivity contribution in [1.29, 1.82) is 0 Å². The van der Waals surface area contributed by atoms with Gasteiger partial charge in [-0.3, -0.25) is 4.79 Å². The monoisotopic (exact) mass is 308 g/mol. The van der Waals surface area contributed by atoms with Gasteiger partial charge in [0.1, 0.15) is 0 Å². The van der Waals surface area contributed by atoms with Gasteiger partial charge in [-0.05, 0) is 74.6 Å². The van der Waals surface area contributed by atoms with E-state index in [1.165, 1.54) is 35.8 Å². The van der Waals surface area contributed by atoms with E-state index in [1.807, 2.05) is 6.07 Å². The summed E-state index contributed by atoms with van der Waals surface area (Å²) in [7, 11) is 2.26. The SMILES string of the molecule is CN1[C@@H]2CC[C@H]1C[C@H](n1cc3c4c(cccc4c1=O)CCC3)C2. The molecule has 2 aliphatic heterocycles. The number of aromatic nitrogens is 1. The zero-order valence-corrected chi connectivity index (χ0v) is 13.8. The van der Waals surface area contributed by atoms with Gasteiger partial charge in [-0.25, -0.2) is 0 Å². The van der Waals surface area contributed by atoms with E-state index < -0.39 is 0 Å². The fourth-order valence-corrected chi connectivity index (χ4v) is 5.34. The molecule has 5 rings (SSSR count). The van der Waals surface area contributed by atoms with Crippen LogP contribution < -0.4 is 5.56 Å². The number of nitrogens with zero attached hydrogens (tertiary/aromatic N) is 2. The Bertz CT molecular complexity index is 823. The summed E-state index contributed by atoms with van der Waals surface area (Å²) in [4.78, 5) is 15.7. The second-order valence-corrected chi connectivity index (χ2v) is 7.74. The van der Waals surface area contributed by atoms with Crippen molar-refractivity contribution in [3.63, 3.8) is 0 Å². The summed E-state index contributed by atoms with van der Waals surface area (Å²) in [6.45, 7) is 0. The van der Waals surface area contributed by atoms with Gasteiger partial charge in [-0.2, -0.15) is 0 Å². The summed E-state index contributed by atoms with van der Waals surface area (Å²) in [6, 6.07) is 8.03. The molecule has 0 N–H and O–H groups in total. The molecule has 2 fully saturated rings. The molecule has 3 heteroatoms. The van der Waals surface area contributed by atoms with E-state index in [9.17, 15) is 4.79 Å².